The molecule has 2 aromatic carbocycles. The number of nitrogens with zero attached hydrogens (tertiary/aromatic N) is 1. The summed E-state index contributed by atoms with van der Waals surface area (Å²) in [6.07, 6.45) is 1.62. The number of phenolic OH excluding ortho intramolecular Hbond substituents is 1. The fourth-order valence-corrected chi connectivity index (χ4v) is 2.86. The minimum absolute atomic E-state index is 0.111. The molecule has 24 heavy (non-hydrogen) atoms. The normalized spacial score (nSPS) is 10.6. The maximum Gasteiger partial charge on any atom is 0.253 e. The standard InChI is InChI=1S/C19H16BrNO3/c1-21(12-15-11-16(20)8-9-17(15)22)19(23)14-6-4-13(5-7-14)18-3-2-10-24-18/h2-11,22H,12H2,1H3. The van der Waals surface area contributed by atoms with Crippen molar-refractivity contribution in [2.75, 3.05) is 7.05 Å². The van der Waals surface area contributed by atoms with Crippen LogP contribution in [0.25, 0.3) is 11.3 Å². The number of amides is 1. The topological polar surface area (TPSA) is 53.7 Å². The minimum Gasteiger partial charge on any atom is -0.508 e. The van der Waals surface area contributed by atoms with Gasteiger partial charge in [0, 0.05) is 34.8 Å². The molecular weight excluding hydrogens is 370 g/mol. The second-order valence-corrected chi connectivity index (χ2v) is 6.40. The van der Waals surface area contributed by atoms with Crippen molar-refractivity contribution in [2.45, 2.75) is 6.54 Å². The highest BCUT2D eigenvalue weighted by Crippen LogP contribution is 2.24. The Morgan fingerprint density at radius 2 is 1.92 bits per heavy atom. The number of furan rings is 1. The molecule has 0 bridgehead atoms. The Morgan fingerprint density at radius 1 is 1.17 bits per heavy atom. The third-order valence-electron chi connectivity index (χ3n) is 3.73. The molecule has 3 rings (SSSR count). The lowest BCUT2D eigenvalue weighted by atomic mass is 10.1. The Labute approximate surface area is 148 Å². The Bertz CT molecular complexity index is 842. The van der Waals surface area contributed by atoms with Crippen LogP contribution in [0.15, 0.2) is 69.8 Å². The fraction of sp³-hybridized carbons (Fsp3) is 0.105. The monoisotopic (exact) mass is 385 g/mol. The molecule has 0 radical (unpaired) electrons. The van der Waals surface area contributed by atoms with Gasteiger partial charge >= 0.3 is 0 Å². The Morgan fingerprint density at radius 3 is 2.58 bits per heavy atom. The van der Waals surface area contributed by atoms with Crippen LogP contribution in [-0.2, 0) is 6.54 Å². The fourth-order valence-electron chi connectivity index (χ4n) is 2.45. The predicted octanol–water partition coefficient (Wildman–Crippen LogP) is 4.69. The Balaban J connectivity index is 1.74. The number of aromatic hydroxyl groups is 1. The first-order valence-electron chi connectivity index (χ1n) is 7.41. The lowest BCUT2D eigenvalue weighted by Gasteiger charge is -2.18. The van der Waals surface area contributed by atoms with Gasteiger partial charge in [-0.1, -0.05) is 28.1 Å². The summed E-state index contributed by atoms with van der Waals surface area (Å²) in [5.74, 6) is 0.827. The summed E-state index contributed by atoms with van der Waals surface area (Å²) in [4.78, 5) is 14.1. The number of carbonyl (C=O) groups is 1. The number of hydrogen-bond acceptors (Lipinski definition) is 3. The molecule has 1 heterocycles. The molecule has 1 amide bonds. The molecule has 0 aliphatic heterocycles. The van der Waals surface area contributed by atoms with E-state index in [2.05, 4.69) is 15.9 Å². The summed E-state index contributed by atoms with van der Waals surface area (Å²) in [6, 6.07) is 16.1. The zero-order valence-corrected chi connectivity index (χ0v) is 14.7. The van der Waals surface area contributed by atoms with Gasteiger partial charge < -0.3 is 14.4 Å². The summed E-state index contributed by atoms with van der Waals surface area (Å²) < 4.78 is 6.20. The Hall–Kier alpha value is -2.53. The number of halogens is 1. The zero-order chi connectivity index (χ0) is 17.1. The second-order valence-electron chi connectivity index (χ2n) is 5.49. The van der Waals surface area contributed by atoms with Crippen LogP contribution in [0.2, 0.25) is 0 Å². The van der Waals surface area contributed by atoms with E-state index in [4.69, 9.17) is 4.42 Å². The smallest absolute Gasteiger partial charge is 0.253 e. The molecule has 3 aromatic rings. The molecule has 5 heteroatoms. The molecule has 0 aliphatic rings. The van der Waals surface area contributed by atoms with E-state index in [0.717, 1.165) is 15.8 Å². The molecule has 1 aromatic heterocycles. The maximum atomic E-state index is 12.6. The van der Waals surface area contributed by atoms with Crippen LogP contribution >= 0.6 is 15.9 Å². The van der Waals surface area contributed by atoms with E-state index in [9.17, 15) is 9.90 Å². The number of carbonyl (C=O) groups excluding carboxylic acids is 1. The molecule has 0 atom stereocenters. The van der Waals surface area contributed by atoms with Crippen LogP contribution in [-0.4, -0.2) is 23.0 Å². The van der Waals surface area contributed by atoms with Crippen molar-refractivity contribution in [1.29, 1.82) is 0 Å². The average Bonchev–Trinajstić information content (AvgIpc) is 3.12. The molecule has 0 fully saturated rings. The van der Waals surface area contributed by atoms with E-state index in [-0.39, 0.29) is 11.7 Å². The molecule has 0 aliphatic carbocycles. The van der Waals surface area contributed by atoms with Gasteiger partial charge in [0.2, 0.25) is 0 Å². The van der Waals surface area contributed by atoms with Gasteiger partial charge in [-0.25, -0.2) is 0 Å². The summed E-state index contributed by atoms with van der Waals surface area (Å²) in [7, 11) is 1.71. The van der Waals surface area contributed by atoms with Gasteiger partial charge in [0.15, 0.2) is 0 Å². The van der Waals surface area contributed by atoms with E-state index >= 15 is 0 Å². The van der Waals surface area contributed by atoms with Crippen LogP contribution in [0.1, 0.15) is 15.9 Å². The molecule has 4 nitrogen and oxygen atoms in total. The van der Waals surface area contributed by atoms with E-state index in [0.29, 0.717) is 17.7 Å². The van der Waals surface area contributed by atoms with E-state index in [1.807, 2.05) is 24.3 Å². The third-order valence-corrected chi connectivity index (χ3v) is 4.23. The van der Waals surface area contributed by atoms with Gasteiger partial charge in [-0.15, -0.1) is 0 Å². The van der Waals surface area contributed by atoms with Gasteiger partial charge in [0.1, 0.15) is 11.5 Å². The van der Waals surface area contributed by atoms with Gasteiger partial charge in [-0.2, -0.15) is 0 Å². The number of rotatable bonds is 4. The lowest BCUT2D eigenvalue weighted by molar-refractivity contribution is 0.0784. The number of phenols is 1. The largest absolute Gasteiger partial charge is 0.508 e. The highest BCUT2D eigenvalue weighted by atomic mass is 79.9. The van der Waals surface area contributed by atoms with Crippen LogP contribution < -0.4 is 0 Å². The van der Waals surface area contributed by atoms with Crippen LogP contribution in [0.3, 0.4) is 0 Å². The van der Waals surface area contributed by atoms with Crippen LogP contribution in [0, 0.1) is 0 Å². The quantitative estimate of drug-likeness (QED) is 0.708. The summed E-state index contributed by atoms with van der Waals surface area (Å²) >= 11 is 3.37. The van der Waals surface area contributed by atoms with Crippen LogP contribution in [0.5, 0.6) is 5.75 Å². The lowest BCUT2D eigenvalue weighted by Crippen LogP contribution is -2.26. The Kier molecular flexibility index (Phi) is 4.71. The SMILES string of the molecule is CN(Cc1cc(Br)ccc1O)C(=O)c1ccc(-c2ccco2)cc1. The number of benzene rings is 2. The molecule has 0 spiro atoms. The third kappa shape index (κ3) is 3.51. The molecular formula is C19H16BrNO3. The van der Waals surface area contributed by atoms with Gasteiger partial charge in [-0.3, -0.25) is 4.79 Å². The van der Waals surface area contributed by atoms with Crippen molar-refractivity contribution >= 4 is 21.8 Å². The molecule has 0 saturated carbocycles. The first-order chi connectivity index (χ1) is 11.5. The summed E-state index contributed by atoms with van der Waals surface area (Å²) in [6.45, 7) is 0.323. The first kappa shape index (κ1) is 16.3. The van der Waals surface area contributed by atoms with Crippen molar-refractivity contribution in [2.24, 2.45) is 0 Å². The van der Waals surface area contributed by atoms with Crippen molar-refractivity contribution < 1.29 is 14.3 Å². The first-order valence-corrected chi connectivity index (χ1v) is 8.20. The predicted molar refractivity (Wildman–Crippen MR) is 95.7 cm³/mol. The van der Waals surface area contributed by atoms with Crippen molar-refractivity contribution in [3.63, 3.8) is 0 Å². The summed E-state index contributed by atoms with van der Waals surface area (Å²) in [5.41, 5.74) is 2.19. The minimum atomic E-state index is -0.111. The van der Waals surface area contributed by atoms with E-state index in [1.165, 1.54) is 0 Å². The van der Waals surface area contributed by atoms with Gasteiger partial charge in [0.05, 0.1) is 6.26 Å². The van der Waals surface area contributed by atoms with Crippen LogP contribution in [0.4, 0.5) is 0 Å². The summed E-state index contributed by atoms with van der Waals surface area (Å²) in [5, 5.41) is 9.91. The zero-order valence-electron chi connectivity index (χ0n) is 13.1. The van der Waals surface area contributed by atoms with Gasteiger partial charge in [0.25, 0.3) is 5.91 Å². The highest BCUT2D eigenvalue weighted by Gasteiger charge is 2.14. The number of hydrogen-bond donors (Lipinski definition) is 1. The van der Waals surface area contributed by atoms with Crippen molar-refractivity contribution in [1.82, 2.24) is 4.90 Å². The maximum absolute atomic E-state index is 12.6. The van der Waals surface area contributed by atoms with E-state index < -0.39 is 0 Å². The molecule has 0 saturated heterocycles. The average molecular weight is 386 g/mol. The molecule has 122 valence electrons. The van der Waals surface area contributed by atoms with Crippen molar-refractivity contribution in [3.8, 4) is 17.1 Å². The molecule has 0 unspecified atom stereocenters. The second kappa shape index (κ2) is 6.93. The van der Waals surface area contributed by atoms with E-state index in [1.54, 1.807) is 48.5 Å². The van der Waals surface area contributed by atoms with Crippen molar-refractivity contribution in [3.05, 3.63) is 76.5 Å². The molecule has 1 N–H and O–H groups in total. The highest BCUT2D eigenvalue weighted by molar-refractivity contribution is 9.10. The van der Waals surface area contributed by atoms with Gasteiger partial charge in [-0.05, 0) is 42.5 Å².